The summed E-state index contributed by atoms with van der Waals surface area (Å²) in [6.45, 7) is 5.20. The Kier molecular flexibility index (Phi) is 5.56. The average molecular weight is 335 g/mol. The fraction of sp³-hybridized carbons (Fsp3) is 0.312. The normalized spacial score (nSPS) is 12.2. The zero-order chi connectivity index (χ0) is 14.4. The van der Waals surface area contributed by atoms with Crippen LogP contribution in [0.15, 0.2) is 47.1 Å². The van der Waals surface area contributed by atoms with E-state index in [1.807, 2.05) is 36.4 Å². The molecule has 106 valence electrons. The van der Waals surface area contributed by atoms with Crippen molar-refractivity contribution in [3.8, 4) is 11.5 Å². The minimum atomic E-state index is 0.307. The lowest BCUT2D eigenvalue weighted by atomic mass is 10.1. The highest BCUT2D eigenvalue weighted by Crippen LogP contribution is 2.24. The summed E-state index contributed by atoms with van der Waals surface area (Å²) in [6.07, 6.45) is 2.80. The molecule has 1 unspecified atom stereocenters. The van der Waals surface area contributed by atoms with E-state index in [1.54, 1.807) is 6.20 Å². The second kappa shape index (κ2) is 7.41. The van der Waals surface area contributed by atoms with E-state index >= 15 is 0 Å². The third kappa shape index (κ3) is 4.05. The van der Waals surface area contributed by atoms with Crippen molar-refractivity contribution in [2.24, 2.45) is 0 Å². The van der Waals surface area contributed by atoms with Crippen LogP contribution in [0.5, 0.6) is 11.5 Å². The van der Waals surface area contributed by atoms with Crippen molar-refractivity contribution >= 4 is 15.9 Å². The van der Waals surface area contributed by atoms with E-state index in [9.17, 15) is 0 Å². The van der Waals surface area contributed by atoms with E-state index < -0.39 is 0 Å². The minimum Gasteiger partial charge on any atom is -0.456 e. The maximum Gasteiger partial charge on any atom is 0.145 e. The van der Waals surface area contributed by atoms with Gasteiger partial charge in [0, 0.05) is 10.5 Å². The van der Waals surface area contributed by atoms with Gasteiger partial charge in [-0.25, -0.2) is 0 Å². The number of ether oxygens (including phenoxy) is 1. The van der Waals surface area contributed by atoms with Crippen molar-refractivity contribution in [1.82, 2.24) is 10.3 Å². The second-order valence-electron chi connectivity index (χ2n) is 4.49. The number of rotatable bonds is 6. The lowest BCUT2D eigenvalue weighted by molar-refractivity contribution is 0.476. The zero-order valence-electron chi connectivity index (χ0n) is 11.8. The summed E-state index contributed by atoms with van der Waals surface area (Å²) in [5.74, 6) is 1.56. The molecule has 0 saturated carbocycles. The molecular formula is C16H19BrN2O. The molecular weight excluding hydrogens is 316 g/mol. The van der Waals surface area contributed by atoms with Gasteiger partial charge in [0.15, 0.2) is 0 Å². The summed E-state index contributed by atoms with van der Waals surface area (Å²) in [6, 6.07) is 12.0. The van der Waals surface area contributed by atoms with Crippen molar-refractivity contribution in [2.45, 2.75) is 26.3 Å². The summed E-state index contributed by atoms with van der Waals surface area (Å²) in [7, 11) is 0. The van der Waals surface area contributed by atoms with E-state index in [0.29, 0.717) is 6.04 Å². The fourth-order valence-corrected chi connectivity index (χ4v) is 2.27. The quantitative estimate of drug-likeness (QED) is 0.831. The fourth-order valence-electron chi connectivity index (χ4n) is 2.00. The maximum absolute atomic E-state index is 5.76. The molecule has 3 nitrogen and oxygen atoms in total. The summed E-state index contributed by atoms with van der Waals surface area (Å²) in [5, 5.41) is 3.42. The molecule has 0 radical (unpaired) electrons. The van der Waals surface area contributed by atoms with Crippen molar-refractivity contribution in [3.05, 3.63) is 52.8 Å². The van der Waals surface area contributed by atoms with Crippen LogP contribution >= 0.6 is 15.9 Å². The van der Waals surface area contributed by atoms with Crippen molar-refractivity contribution in [2.75, 3.05) is 6.54 Å². The first kappa shape index (κ1) is 15.0. The summed E-state index contributed by atoms with van der Waals surface area (Å²) >= 11 is 3.40. The van der Waals surface area contributed by atoms with Crippen molar-refractivity contribution < 1.29 is 4.74 Å². The van der Waals surface area contributed by atoms with E-state index in [4.69, 9.17) is 4.74 Å². The van der Waals surface area contributed by atoms with Crippen LogP contribution in [-0.4, -0.2) is 11.5 Å². The highest BCUT2D eigenvalue weighted by molar-refractivity contribution is 9.10. The van der Waals surface area contributed by atoms with Gasteiger partial charge in [-0.2, -0.15) is 0 Å². The van der Waals surface area contributed by atoms with Crippen LogP contribution in [0.1, 0.15) is 32.0 Å². The molecule has 0 aliphatic carbocycles. The molecule has 1 aromatic carbocycles. The van der Waals surface area contributed by atoms with Crippen LogP contribution in [0.4, 0.5) is 0 Å². The Morgan fingerprint density at radius 2 is 1.80 bits per heavy atom. The number of aromatic nitrogens is 1. The number of hydrogen-bond donors (Lipinski definition) is 1. The van der Waals surface area contributed by atoms with Crippen LogP contribution in [0.3, 0.4) is 0 Å². The van der Waals surface area contributed by atoms with Crippen LogP contribution in [0.25, 0.3) is 0 Å². The van der Waals surface area contributed by atoms with E-state index in [1.165, 1.54) is 0 Å². The standard InChI is InChI=1S/C16H19BrN2O/c1-3-15(18-4-2)16-10-9-14(11-19-16)20-13-7-5-12(17)6-8-13/h5-11,15,18H,3-4H2,1-2H3. The lowest BCUT2D eigenvalue weighted by Crippen LogP contribution is -2.20. The number of benzene rings is 1. The number of nitrogens with one attached hydrogen (secondary N) is 1. The first-order valence-corrected chi connectivity index (χ1v) is 7.65. The predicted molar refractivity (Wildman–Crippen MR) is 85.2 cm³/mol. The van der Waals surface area contributed by atoms with Crippen LogP contribution < -0.4 is 10.1 Å². The molecule has 0 saturated heterocycles. The third-order valence-electron chi connectivity index (χ3n) is 3.02. The molecule has 20 heavy (non-hydrogen) atoms. The molecule has 1 atom stereocenters. The maximum atomic E-state index is 5.76. The number of pyridine rings is 1. The van der Waals surface area contributed by atoms with Gasteiger partial charge in [0.25, 0.3) is 0 Å². The van der Waals surface area contributed by atoms with Gasteiger partial charge in [-0.05, 0) is 49.4 Å². The van der Waals surface area contributed by atoms with Gasteiger partial charge in [0.05, 0.1) is 11.9 Å². The Hall–Kier alpha value is -1.39. The van der Waals surface area contributed by atoms with E-state index in [-0.39, 0.29) is 0 Å². The van der Waals surface area contributed by atoms with Crippen LogP contribution in [-0.2, 0) is 0 Å². The molecule has 0 aliphatic rings. The molecule has 0 fully saturated rings. The monoisotopic (exact) mass is 334 g/mol. The van der Waals surface area contributed by atoms with Gasteiger partial charge >= 0.3 is 0 Å². The van der Waals surface area contributed by atoms with E-state index in [0.717, 1.165) is 34.6 Å². The number of hydrogen-bond acceptors (Lipinski definition) is 3. The topological polar surface area (TPSA) is 34.1 Å². The molecule has 0 aliphatic heterocycles. The largest absolute Gasteiger partial charge is 0.456 e. The van der Waals surface area contributed by atoms with Gasteiger partial charge in [0.1, 0.15) is 11.5 Å². The molecule has 2 aromatic rings. The molecule has 1 aromatic heterocycles. The Morgan fingerprint density at radius 1 is 1.10 bits per heavy atom. The Morgan fingerprint density at radius 3 is 2.35 bits per heavy atom. The molecule has 0 spiro atoms. The number of halogens is 1. The molecule has 4 heteroatoms. The van der Waals surface area contributed by atoms with Crippen molar-refractivity contribution in [1.29, 1.82) is 0 Å². The highest BCUT2D eigenvalue weighted by atomic mass is 79.9. The smallest absolute Gasteiger partial charge is 0.145 e. The Balaban J connectivity index is 2.06. The second-order valence-corrected chi connectivity index (χ2v) is 5.41. The SMILES string of the molecule is CCNC(CC)c1ccc(Oc2ccc(Br)cc2)cn1. The molecule has 0 bridgehead atoms. The van der Waals surface area contributed by atoms with Gasteiger partial charge in [-0.1, -0.05) is 29.8 Å². The minimum absolute atomic E-state index is 0.307. The Labute approximate surface area is 128 Å². The highest BCUT2D eigenvalue weighted by Gasteiger charge is 2.09. The van der Waals surface area contributed by atoms with Crippen LogP contribution in [0.2, 0.25) is 0 Å². The molecule has 0 amide bonds. The Bertz CT molecular complexity index is 525. The molecule has 1 N–H and O–H groups in total. The van der Waals surface area contributed by atoms with Gasteiger partial charge in [-0.15, -0.1) is 0 Å². The average Bonchev–Trinajstić information content (AvgIpc) is 2.48. The molecule has 1 heterocycles. The van der Waals surface area contributed by atoms with Gasteiger partial charge in [-0.3, -0.25) is 4.98 Å². The summed E-state index contributed by atoms with van der Waals surface area (Å²) in [5.41, 5.74) is 1.05. The van der Waals surface area contributed by atoms with Gasteiger partial charge < -0.3 is 10.1 Å². The zero-order valence-corrected chi connectivity index (χ0v) is 13.4. The molecule has 2 rings (SSSR count). The van der Waals surface area contributed by atoms with Crippen LogP contribution in [0, 0.1) is 0 Å². The van der Waals surface area contributed by atoms with E-state index in [2.05, 4.69) is 40.1 Å². The predicted octanol–water partition coefficient (Wildman–Crippen LogP) is 4.70. The lowest BCUT2D eigenvalue weighted by Gasteiger charge is -2.15. The summed E-state index contributed by atoms with van der Waals surface area (Å²) < 4.78 is 6.79. The van der Waals surface area contributed by atoms with Gasteiger partial charge in [0.2, 0.25) is 0 Å². The number of nitrogens with zero attached hydrogens (tertiary/aromatic N) is 1. The first-order chi connectivity index (χ1) is 9.72. The van der Waals surface area contributed by atoms with Crippen molar-refractivity contribution in [3.63, 3.8) is 0 Å². The summed E-state index contributed by atoms with van der Waals surface area (Å²) in [4.78, 5) is 4.49. The third-order valence-corrected chi connectivity index (χ3v) is 3.55. The first-order valence-electron chi connectivity index (χ1n) is 6.85.